The fourth-order valence-electron chi connectivity index (χ4n) is 3.48. The van der Waals surface area contributed by atoms with Crippen molar-refractivity contribution < 1.29 is 13.6 Å². The minimum atomic E-state index is -0.890. The van der Waals surface area contributed by atoms with Gasteiger partial charge in [-0.25, -0.2) is 8.78 Å². The van der Waals surface area contributed by atoms with E-state index in [2.05, 4.69) is 10.6 Å². The van der Waals surface area contributed by atoms with E-state index in [-0.39, 0.29) is 24.5 Å². The molecule has 0 aromatic heterocycles. The normalized spacial score (nSPS) is 19.4. The highest BCUT2D eigenvalue weighted by molar-refractivity contribution is 6.31. The summed E-state index contributed by atoms with van der Waals surface area (Å²) in [7, 11) is 1.90. The van der Waals surface area contributed by atoms with Gasteiger partial charge >= 0.3 is 0 Å². The van der Waals surface area contributed by atoms with Crippen LogP contribution >= 0.6 is 11.6 Å². The topological polar surface area (TPSA) is 68.2 Å². The van der Waals surface area contributed by atoms with E-state index in [1.165, 1.54) is 18.2 Å². The van der Waals surface area contributed by atoms with Gasteiger partial charge in [0.15, 0.2) is 11.6 Å². The summed E-state index contributed by atoms with van der Waals surface area (Å²) in [6.45, 7) is 0.770. The number of halogens is 3. The van der Waals surface area contributed by atoms with Gasteiger partial charge in [0.05, 0.1) is 17.8 Å². The predicted molar refractivity (Wildman–Crippen MR) is 103 cm³/mol. The van der Waals surface area contributed by atoms with Gasteiger partial charge < -0.3 is 10.6 Å². The van der Waals surface area contributed by atoms with Crippen LogP contribution in [0.4, 0.5) is 14.5 Å². The minimum absolute atomic E-state index is 0.00999. The van der Waals surface area contributed by atoms with Gasteiger partial charge in [0.2, 0.25) is 5.91 Å². The third-order valence-electron chi connectivity index (χ3n) is 4.83. The number of rotatable bonds is 5. The van der Waals surface area contributed by atoms with E-state index in [4.69, 9.17) is 16.9 Å². The Morgan fingerprint density at radius 2 is 2.07 bits per heavy atom. The van der Waals surface area contributed by atoms with Crippen LogP contribution in [0.5, 0.6) is 0 Å². The molecule has 0 aliphatic carbocycles. The first-order chi connectivity index (χ1) is 13.4. The molecule has 2 aromatic carbocycles. The summed E-state index contributed by atoms with van der Waals surface area (Å²) in [6.07, 6.45) is 0.758. The number of amides is 1. The maximum Gasteiger partial charge on any atom is 0.238 e. The van der Waals surface area contributed by atoms with Crippen molar-refractivity contribution in [3.05, 3.63) is 64.2 Å². The van der Waals surface area contributed by atoms with Crippen LogP contribution in [0, 0.1) is 23.0 Å². The van der Waals surface area contributed by atoms with Crippen LogP contribution in [-0.2, 0) is 4.79 Å². The first-order valence-corrected chi connectivity index (χ1v) is 9.15. The standard InChI is InChI=1S/C20H19ClF2N4O/c1-27-7-6-17(20(27)12-3-5-15(22)16(23)8-12)25-11-19(28)26-18-9-14(21)4-2-13(18)10-24/h2-5,8-9,17,20,25H,6-7,11H2,1H3,(H,26,28)/t17-,20+/m0/s1. The maximum absolute atomic E-state index is 13.6. The van der Waals surface area contributed by atoms with Gasteiger partial charge in [0, 0.05) is 23.7 Å². The van der Waals surface area contributed by atoms with Crippen molar-refractivity contribution in [1.29, 1.82) is 5.26 Å². The van der Waals surface area contributed by atoms with Crippen LogP contribution in [0.3, 0.4) is 0 Å². The highest BCUT2D eigenvalue weighted by Crippen LogP contribution is 2.31. The van der Waals surface area contributed by atoms with Crippen molar-refractivity contribution in [3.8, 4) is 6.07 Å². The summed E-state index contributed by atoms with van der Waals surface area (Å²) in [5.74, 6) is -2.10. The largest absolute Gasteiger partial charge is 0.324 e. The Morgan fingerprint density at radius 3 is 2.79 bits per heavy atom. The van der Waals surface area contributed by atoms with E-state index >= 15 is 0 Å². The number of nitriles is 1. The Bertz CT molecular complexity index is 931. The zero-order valence-corrected chi connectivity index (χ0v) is 15.9. The van der Waals surface area contributed by atoms with Crippen molar-refractivity contribution in [1.82, 2.24) is 10.2 Å². The number of hydrogen-bond acceptors (Lipinski definition) is 4. The lowest BCUT2D eigenvalue weighted by atomic mass is 10.00. The van der Waals surface area contributed by atoms with Gasteiger partial charge in [-0.2, -0.15) is 5.26 Å². The monoisotopic (exact) mass is 404 g/mol. The van der Waals surface area contributed by atoms with Gasteiger partial charge in [0.1, 0.15) is 6.07 Å². The van der Waals surface area contributed by atoms with E-state index < -0.39 is 11.6 Å². The molecular weight excluding hydrogens is 386 g/mol. The SMILES string of the molecule is CN1CC[C@H](NCC(=O)Nc2cc(Cl)ccc2C#N)[C@H]1c1ccc(F)c(F)c1. The lowest BCUT2D eigenvalue weighted by Gasteiger charge is -2.26. The molecule has 146 valence electrons. The first kappa shape index (κ1) is 20.2. The Morgan fingerprint density at radius 1 is 1.29 bits per heavy atom. The number of nitrogens with zero attached hydrogens (tertiary/aromatic N) is 2. The molecule has 3 rings (SSSR count). The molecule has 0 radical (unpaired) electrons. The molecular formula is C20H19ClF2N4O. The fourth-order valence-corrected chi connectivity index (χ4v) is 3.65. The molecule has 5 nitrogen and oxygen atoms in total. The van der Waals surface area contributed by atoms with E-state index in [1.54, 1.807) is 12.1 Å². The third-order valence-corrected chi connectivity index (χ3v) is 5.07. The van der Waals surface area contributed by atoms with E-state index in [1.807, 2.05) is 18.0 Å². The summed E-state index contributed by atoms with van der Waals surface area (Å²) in [4.78, 5) is 14.4. The summed E-state index contributed by atoms with van der Waals surface area (Å²) < 4.78 is 26.9. The van der Waals surface area contributed by atoms with Gasteiger partial charge in [0.25, 0.3) is 0 Å². The van der Waals surface area contributed by atoms with Gasteiger partial charge in [-0.05, 0) is 49.4 Å². The average Bonchev–Trinajstić information content (AvgIpc) is 3.03. The molecule has 0 spiro atoms. The molecule has 2 atom stereocenters. The summed E-state index contributed by atoms with van der Waals surface area (Å²) in [5, 5.41) is 15.4. The molecule has 1 heterocycles. The average molecular weight is 405 g/mol. The molecule has 1 amide bonds. The highest BCUT2D eigenvalue weighted by atomic mass is 35.5. The second-order valence-electron chi connectivity index (χ2n) is 6.72. The van der Waals surface area contributed by atoms with Crippen molar-refractivity contribution in [2.75, 3.05) is 25.5 Å². The van der Waals surface area contributed by atoms with Crippen LogP contribution in [-0.4, -0.2) is 37.0 Å². The summed E-state index contributed by atoms with van der Waals surface area (Å²) in [5.41, 5.74) is 1.32. The van der Waals surface area contributed by atoms with Gasteiger partial charge in [-0.3, -0.25) is 9.69 Å². The highest BCUT2D eigenvalue weighted by Gasteiger charge is 2.33. The number of hydrogen-bond donors (Lipinski definition) is 2. The molecule has 1 aliphatic heterocycles. The van der Waals surface area contributed by atoms with Crippen LogP contribution < -0.4 is 10.6 Å². The summed E-state index contributed by atoms with van der Waals surface area (Å²) >= 11 is 5.93. The number of carbonyl (C=O) groups excluding carboxylic acids is 1. The molecule has 1 saturated heterocycles. The predicted octanol–water partition coefficient (Wildman–Crippen LogP) is 3.46. The molecule has 2 aromatic rings. The maximum atomic E-state index is 13.6. The van der Waals surface area contributed by atoms with Crippen LogP contribution in [0.15, 0.2) is 36.4 Å². The second-order valence-corrected chi connectivity index (χ2v) is 7.16. The zero-order valence-electron chi connectivity index (χ0n) is 15.2. The molecule has 0 saturated carbocycles. The van der Waals surface area contributed by atoms with Crippen LogP contribution in [0.2, 0.25) is 5.02 Å². The van der Waals surface area contributed by atoms with Crippen molar-refractivity contribution in [3.63, 3.8) is 0 Å². The quantitative estimate of drug-likeness (QED) is 0.800. The Labute approximate surface area is 166 Å². The fraction of sp³-hybridized carbons (Fsp3) is 0.300. The van der Waals surface area contributed by atoms with E-state index in [0.29, 0.717) is 21.8 Å². The number of anilines is 1. The molecule has 8 heteroatoms. The minimum Gasteiger partial charge on any atom is -0.324 e. The molecule has 2 N–H and O–H groups in total. The van der Waals surface area contributed by atoms with Gasteiger partial charge in [-0.1, -0.05) is 17.7 Å². The summed E-state index contributed by atoms with van der Waals surface area (Å²) in [6, 6.07) is 10.2. The molecule has 0 bridgehead atoms. The lowest BCUT2D eigenvalue weighted by molar-refractivity contribution is -0.115. The van der Waals surface area contributed by atoms with E-state index in [0.717, 1.165) is 19.0 Å². The van der Waals surface area contributed by atoms with Gasteiger partial charge in [-0.15, -0.1) is 0 Å². The molecule has 0 unspecified atom stereocenters. The molecule has 1 fully saturated rings. The number of nitrogens with one attached hydrogen (secondary N) is 2. The number of likely N-dealkylation sites (N-methyl/N-ethyl adjacent to an activating group) is 1. The smallest absolute Gasteiger partial charge is 0.238 e. The molecule has 1 aliphatic rings. The van der Waals surface area contributed by atoms with Crippen LogP contribution in [0.25, 0.3) is 0 Å². The second kappa shape index (κ2) is 8.65. The number of carbonyl (C=O) groups is 1. The van der Waals surface area contributed by atoms with Crippen LogP contribution in [0.1, 0.15) is 23.6 Å². The van der Waals surface area contributed by atoms with E-state index in [9.17, 15) is 13.6 Å². The van der Waals surface area contributed by atoms with Crippen molar-refractivity contribution in [2.45, 2.75) is 18.5 Å². The molecule has 28 heavy (non-hydrogen) atoms. The lowest BCUT2D eigenvalue weighted by Crippen LogP contribution is -2.39. The Hall–Kier alpha value is -2.53. The van der Waals surface area contributed by atoms with Crippen molar-refractivity contribution >= 4 is 23.2 Å². The Kier molecular flexibility index (Phi) is 6.25. The van der Waals surface area contributed by atoms with Crippen molar-refractivity contribution in [2.24, 2.45) is 0 Å². The number of likely N-dealkylation sites (tertiary alicyclic amines) is 1. The zero-order chi connectivity index (χ0) is 20.3. The number of benzene rings is 2. The Balaban J connectivity index is 1.66. The first-order valence-electron chi connectivity index (χ1n) is 8.77. The third kappa shape index (κ3) is 4.47.